The predicted molar refractivity (Wildman–Crippen MR) is 87.8 cm³/mol. The van der Waals surface area contributed by atoms with Crippen molar-refractivity contribution >= 4 is 5.91 Å². The van der Waals surface area contributed by atoms with Crippen molar-refractivity contribution in [3.8, 4) is 0 Å². The van der Waals surface area contributed by atoms with Crippen LogP contribution in [0.1, 0.15) is 45.2 Å². The number of likely N-dealkylation sites (N-methyl/N-ethyl adjacent to an activating group) is 1. The van der Waals surface area contributed by atoms with Crippen LogP contribution in [0.4, 0.5) is 0 Å². The standard InChI is InChI=1S/C17H29N3O/c1-5-17(3,4)19-16(21)13-20(6-2)12-15-10-8-7-9-14(15)11-18/h7-10H,5-6,11-13,18H2,1-4H3,(H,19,21). The van der Waals surface area contributed by atoms with Crippen LogP contribution in [-0.2, 0) is 17.9 Å². The molecule has 21 heavy (non-hydrogen) atoms. The van der Waals surface area contributed by atoms with Gasteiger partial charge in [0.2, 0.25) is 5.91 Å². The van der Waals surface area contributed by atoms with Gasteiger partial charge in [0.1, 0.15) is 0 Å². The molecular weight excluding hydrogens is 262 g/mol. The molecule has 0 saturated heterocycles. The molecule has 4 nitrogen and oxygen atoms in total. The SMILES string of the molecule is CCN(CC(=O)NC(C)(C)CC)Cc1ccccc1CN. The third kappa shape index (κ3) is 5.86. The zero-order valence-corrected chi connectivity index (χ0v) is 13.8. The van der Waals surface area contributed by atoms with Gasteiger partial charge in [0, 0.05) is 18.6 Å². The molecule has 0 aliphatic rings. The van der Waals surface area contributed by atoms with Gasteiger partial charge in [-0.05, 0) is 37.9 Å². The van der Waals surface area contributed by atoms with Crippen molar-refractivity contribution in [1.29, 1.82) is 0 Å². The first kappa shape index (κ1) is 17.7. The van der Waals surface area contributed by atoms with Gasteiger partial charge in [0.05, 0.1) is 6.54 Å². The van der Waals surface area contributed by atoms with Crippen LogP contribution in [0.2, 0.25) is 0 Å². The topological polar surface area (TPSA) is 58.4 Å². The maximum absolute atomic E-state index is 12.2. The Balaban J connectivity index is 2.65. The van der Waals surface area contributed by atoms with Crippen LogP contribution in [0, 0.1) is 0 Å². The summed E-state index contributed by atoms with van der Waals surface area (Å²) >= 11 is 0. The van der Waals surface area contributed by atoms with Crippen molar-refractivity contribution in [2.75, 3.05) is 13.1 Å². The monoisotopic (exact) mass is 291 g/mol. The van der Waals surface area contributed by atoms with E-state index >= 15 is 0 Å². The fourth-order valence-corrected chi connectivity index (χ4v) is 2.14. The number of carbonyl (C=O) groups is 1. The molecule has 0 radical (unpaired) electrons. The second-order valence-corrected chi connectivity index (χ2v) is 6.06. The van der Waals surface area contributed by atoms with E-state index in [1.54, 1.807) is 0 Å². The summed E-state index contributed by atoms with van der Waals surface area (Å²) < 4.78 is 0. The van der Waals surface area contributed by atoms with E-state index in [1.807, 2.05) is 32.0 Å². The maximum Gasteiger partial charge on any atom is 0.234 e. The Kier molecular flexibility index (Phi) is 6.85. The molecule has 1 rings (SSSR count). The average molecular weight is 291 g/mol. The minimum absolute atomic E-state index is 0.0777. The highest BCUT2D eigenvalue weighted by Gasteiger charge is 2.19. The van der Waals surface area contributed by atoms with Gasteiger partial charge >= 0.3 is 0 Å². The van der Waals surface area contributed by atoms with Gasteiger partial charge < -0.3 is 11.1 Å². The van der Waals surface area contributed by atoms with E-state index in [9.17, 15) is 4.79 Å². The Labute approximate surface area is 128 Å². The summed E-state index contributed by atoms with van der Waals surface area (Å²) in [4.78, 5) is 14.3. The van der Waals surface area contributed by atoms with Crippen molar-refractivity contribution in [3.05, 3.63) is 35.4 Å². The number of rotatable bonds is 8. The third-order valence-electron chi connectivity index (χ3n) is 3.91. The minimum Gasteiger partial charge on any atom is -0.350 e. The molecule has 0 fully saturated rings. The predicted octanol–water partition coefficient (Wildman–Crippen LogP) is 2.27. The van der Waals surface area contributed by atoms with E-state index in [4.69, 9.17) is 5.73 Å². The molecule has 0 aliphatic heterocycles. The summed E-state index contributed by atoms with van der Waals surface area (Å²) in [5, 5.41) is 3.08. The number of hydrogen-bond donors (Lipinski definition) is 2. The summed E-state index contributed by atoms with van der Waals surface area (Å²) in [6.07, 6.45) is 0.918. The molecule has 1 aromatic carbocycles. The van der Waals surface area contributed by atoms with Gasteiger partial charge in [0.25, 0.3) is 0 Å². The normalized spacial score (nSPS) is 11.7. The maximum atomic E-state index is 12.2. The number of nitrogens with one attached hydrogen (secondary N) is 1. The number of nitrogens with zero attached hydrogens (tertiary/aromatic N) is 1. The van der Waals surface area contributed by atoms with Crippen molar-refractivity contribution in [2.24, 2.45) is 5.73 Å². The van der Waals surface area contributed by atoms with E-state index in [0.717, 1.165) is 25.1 Å². The van der Waals surface area contributed by atoms with Crippen molar-refractivity contribution < 1.29 is 4.79 Å². The van der Waals surface area contributed by atoms with E-state index in [2.05, 4.69) is 30.1 Å². The van der Waals surface area contributed by atoms with Crippen molar-refractivity contribution in [2.45, 2.75) is 52.7 Å². The Hall–Kier alpha value is -1.39. The fraction of sp³-hybridized carbons (Fsp3) is 0.588. The summed E-state index contributed by atoms with van der Waals surface area (Å²) in [6, 6.07) is 8.14. The molecule has 0 bridgehead atoms. The van der Waals surface area contributed by atoms with Crippen LogP contribution >= 0.6 is 0 Å². The van der Waals surface area contributed by atoms with Crippen LogP contribution < -0.4 is 11.1 Å². The zero-order valence-electron chi connectivity index (χ0n) is 13.8. The Morgan fingerprint density at radius 2 is 1.86 bits per heavy atom. The van der Waals surface area contributed by atoms with Crippen LogP contribution in [-0.4, -0.2) is 29.4 Å². The molecule has 118 valence electrons. The zero-order chi connectivity index (χ0) is 15.9. The Morgan fingerprint density at radius 3 is 2.38 bits per heavy atom. The van der Waals surface area contributed by atoms with E-state index < -0.39 is 0 Å². The third-order valence-corrected chi connectivity index (χ3v) is 3.91. The molecule has 3 N–H and O–H groups in total. The fourth-order valence-electron chi connectivity index (χ4n) is 2.14. The molecule has 0 aliphatic carbocycles. The second kappa shape index (κ2) is 8.15. The van der Waals surface area contributed by atoms with Gasteiger partial charge in [0.15, 0.2) is 0 Å². The van der Waals surface area contributed by atoms with Gasteiger partial charge in [-0.1, -0.05) is 38.1 Å². The number of hydrogen-bond acceptors (Lipinski definition) is 3. The lowest BCUT2D eigenvalue weighted by Crippen LogP contribution is -2.47. The van der Waals surface area contributed by atoms with Crippen LogP contribution in [0.5, 0.6) is 0 Å². The highest BCUT2D eigenvalue weighted by atomic mass is 16.2. The molecular formula is C17H29N3O. The van der Waals surface area contributed by atoms with Gasteiger partial charge in [-0.3, -0.25) is 9.69 Å². The minimum atomic E-state index is -0.147. The lowest BCUT2D eigenvalue weighted by Gasteiger charge is -2.27. The lowest BCUT2D eigenvalue weighted by molar-refractivity contribution is -0.124. The highest BCUT2D eigenvalue weighted by Crippen LogP contribution is 2.12. The van der Waals surface area contributed by atoms with Gasteiger partial charge in [-0.2, -0.15) is 0 Å². The van der Waals surface area contributed by atoms with Gasteiger partial charge in [-0.15, -0.1) is 0 Å². The quantitative estimate of drug-likeness (QED) is 0.772. The molecule has 0 aromatic heterocycles. The van der Waals surface area contributed by atoms with Gasteiger partial charge in [-0.25, -0.2) is 0 Å². The smallest absolute Gasteiger partial charge is 0.234 e. The number of nitrogens with two attached hydrogens (primary N) is 1. The average Bonchev–Trinajstić information content (AvgIpc) is 2.46. The summed E-state index contributed by atoms with van der Waals surface area (Å²) in [5.41, 5.74) is 7.97. The first-order valence-electron chi connectivity index (χ1n) is 7.72. The highest BCUT2D eigenvalue weighted by molar-refractivity contribution is 5.78. The molecule has 0 spiro atoms. The largest absolute Gasteiger partial charge is 0.350 e. The van der Waals surface area contributed by atoms with Crippen molar-refractivity contribution in [1.82, 2.24) is 10.2 Å². The van der Waals surface area contributed by atoms with E-state index in [0.29, 0.717) is 13.1 Å². The lowest BCUT2D eigenvalue weighted by atomic mass is 10.0. The summed E-state index contributed by atoms with van der Waals surface area (Å²) in [7, 11) is 0. The first-order chi connectivity index (χ1) is 9.91. The molecule has 0 unspecified atom stereocenters. The van der Waals surface area contributed by atoms with Crippen LogP contribution in [0.25, 0.3) is 0 Å². The molecule has 0 heterocycles. The molecule has 4 heteroatoms. The Bertz CT molecular complexity index is 457. The Morgan fingerprint density at radius 1 is 1.24 bits per heavy atom. The number of amides is 1. The number of carbonyl (C=O) groups excluding carboxylic acids is 1. The van der Waals surface area contributed by atoms with Crippen LogP contribution in [0.3, 0.4) is 0 Å². The first-order valence-corrected chi connectivity index (χ1v) is 7.72. The second-order valence-electron chi connectivity index (χ2n) is 6.06. The van der Waals surface area contributed by atoms with Crippen molar-refractivity contribution in [3.63, 3.8) is 0 Å². The van der Waals surface area contributed by atoms with E-state index in [-0.39, 0.29) is 11.4 Å². The summed E-state index contributed by atoms with van der Waals surface area (Å²) in [6.45, 7) is 10.8. The molecule has 0 saturated carbocycles. The molecule has 1 aromatic rings. The number of benzene rings is 1. The summed E-state index contributed by atoms with van der Waals surface area (Å²) in [5.74, 6) is 0.0777. The molecule has 0 atom stereocenters. The van der Waals surface area contributed by atoms with E-state index in [1.165, 1.54) is 5.56 Å². The van der Waals surface area contributed by atoms with Crippen LogP contribution in [0.15, 0.2) is 24.3 Å². The molecule has 1 amide bonds.